The quantitative estimate of drug-likeness (QED) is 0.940. The molecule has 1 unspecified atom stereocenters. The molecule has 0 bridgehead atoms. The predicted molar refractivity (Wildman–Crippen MR) is 79.9 cm³/mol. The zero-order valence-electron chi connectivity index (χ0n) is 11.5. The van der Waals surface area contributed by atoms with Crippen molar-refractivity contribution in [2.75, 3.05) is 0 Å². The molecule has 0 fully saturated rings. The van der Waals surface area contributed by atoms with E-state index in [1.54, 1.807) is 6.33 Å². The highest BCUT2D eigenvalue weighted by Gasteiger charge is 2.14. The van der Waals surface area contributed by atoms with Crippen molar-refractivity contribution in [2.24, 2.45) is 5.73 Å². The molecule has 102 valence electrons. The van der Waals surface area contributed by atoms with Gasteiger partial charge >= 0.3 is 0 Å². The van der Waals surface area contributed by atoms with Crippen LogP contribution in [0.4, 0.5) is 0 Å². The molecule has 1 aromatic heterocycles. The molecule has 1 heterocycles. The number of hydrogen-bond acceptors (Lipinski definition) is 3. The van der Waals surface area contributed by atoms with Gasteiger partial charge in [0.15, 0.2) is 0 Å². The van der Waals surface area contributed by atoms with Crippen LogP contribution >= 0.6 is 15.9 Å². The van der Waals surface area contributed by atoms with E-state index in [0.717, 1.165) is 15.9 Å². The van der Waals surface area contributed by atoms with Crippen molar-refractivity contribution in [1.82, 2.24) is 14.8 Å². The van der Waals surface area contributed by atoms with Gasteiger partial charge in [0, 0.05) is 23.0 Å². The van der Waals surface area contributed by atoms with Crippen LogP contribution in [0.25, 0.3) is 0 Å². The van der Waals surface area contributed by atoms with E-state index in [-0.39, 0.29) is 6.04 Å². The van der Waals surface area contributed by atoms with Crippen molar-refractivity contribution in [1.29, 1.82) is 0 Å². The number of rotatable bonds is 4. The summed E-state index contributed by atoms with van der Waals surface area (Å²) in [6, 6.07) is 6.46. The highest BCUT2D eigenvalue weighted by molar-refractivity contribution is 9.10. The van der Waals surface area contributed by atoms with Crippen molar-refractivity contribution in [2.45, 2.75) is 39.3 Å². The molecule has 2 aromatic rings. The third-order valence-electron chi connectivity index (χ3n) is 3.16. The summed E-state index contributed by atoms with van der Waals surface area (Å²) in [7, 11) is 0. The first-order valence-corrected chi connectivity index (χ1v) is 7.18. The van der Waals surface area contributed by atoms with Crippen molar-refractivity contribution in [3.63, 3.8) is 0 Å². The molecule has 0 saturated heterocycles. The minimum atomic E-state index is -0.0707. The smallest absolute Gasteiger partial charge is 0.138 e. The normalized spacial score (nSPS) is 12.9. The van der Waals surface area contributed by atoms with Crippen LogP contribution in [0.1, 0.15) is 42.9 Å². The number of benzene rings is 1. The molecule has 1 atom stereocenters. The molecule has 4 nitrogen and oxygen atoms in total. The molecule has 0 radical (unpaired) electrons. The zero-order valence-corrected chi connectivity index (χ0v) is 13.1. The molecule has 0 aliphatic heterocycles. The Labute approximate surface area is 122 Å². The summed E-state index contributed by atoms with van der Waals surface area (Å²) < 4.78 is 3.01. The van der Waals surface area contributed by atoms with Crippen molar-refractivity contribution < 1.29 is 0 Å². The molecule has 0 aliphatic carbocycles. The summed E-state index contributed by atoms with van der Waals surface area (Å²) in [6.07, 6.45) is 2.28. The largest absolute Gasteiger partial charge is 0.324 e. The van der Waals surface area contributed by atoms with Gasteiger partial charge in [0.25, 0.3) is 0 Å². The maximum absolute atomic E-state index is 6.27. The lowest BCUT2D eigenvalue weighted by molar-refractivity contribution is 0.493. The van der Waals surface area contributed by atoms with Crippen LogP contribution in [0.2, 0.25) is 0 Å². The van der Waals surface area contributed by atoms with Gasteiger partial charge in [-0.1, -0.05) is 28.1 Å². The molecule has 1 aromatic carbocycles. The third kappa shape index (κ3) is 3.22. The Morgan fingerprint density at radius 3 is 2.74 bits per heavy atom. The average molecular weight is 323 g/mol. The molecule has 5 heteroatoms. The number of aromatic nitrogens is 3. The Bertz CT molecular complexity index is 562. The summed E-state index contributed by atoms with van der Waals surface area (Å²) in [5.41, 5.74) is 8.59. The van der Waals surface area contributed by atoms with Gasteiger partial charge in [0.2, 0.25) is 0 Å². The Morgan fingerprint density at radius 2 is 2.11 bits per heavy atom. The highest BCUT2D eigenvalue weighted by atomic mass is 79.9. The van der Waals surface area contributed by atoms with E-state index < -0.39 is 0 Å². The lowest BCUT2D eigenvalue weighted by Gasteiger charge is -2.15. The van der Waals surface area contributed by atoms with Crippen LogP contribution in [-0.2, 0) is 6.42 Å². The highest BCUT2D eigenvalue weighted by Crippen LogP contribution is 2.23. The minimum absolute atomic E-state index is 0.0707. The maximum Gasteiger partial charge on any atom is 0.138 e. The fraction of sp³-hybridized carbons (Fsp3) is 0.429. The van der Waals surface area contributed by atoms with Gasteiger partial charge in [0.1, 0.15) is 12.2 Å². The minimum Gasteiger partial charge on any atom is -0.324 e. The van der Waals surface area contributed by atoms with E-state index in [0.29, 0.717) is 12.5 Å². The molecular weight excluding hydrogens is 304 g/mol. The topological polar surface area (TPSA) is 56.7 Å². The molecular formula is C14H19BrN4. The number of aryl methyl sites for hydroxylation is 1. The number of nitrogens with zero attached hydrogens (tertiary/aromatic N) is 3. The van der Waals surface area contributed by atoms with Crippen LogP contribution in [0.15, 0.2) is 29.0 Å². The van der Waals surface area contributed by atoms with E-state index in [4.69, 9.17) is 5.73 Å². The number of nitrogens with two attached hydrogens (primary N) is 1. The lowest BCUT2D eigenvalue weighted by Crippen LogP contribution is -2.18. The second-order valence-corrected chi connectivity index (χ2v) is 5.89. The Kier molecular flexibility index (Phi) is 4.37. The van der Waals surface area contributed by atoms with Gasteiger partial charge in [-0.3, -0.25) is 0 Å². The zero-order chi connectivity index (χ0) is 14.0. The van der Waals surface area contributed by atoms with E-state index in [9.17, 15) is 0 Å². The van der Waals surface area contributed by atoms with Gasteiger partial charge in [-0.05, 0) is 38.0 Å². The first kappa shape index (κ1) is 14.2. The average Bonchev–Trinajstić information content (AvgIpc) is 2.80. The van der Waals surface area contributed by atoms with E-state index in [2.05, 4.69) is 65.0 Å². The lowest BCUT2D eigenvalue weighted by atomic mass is 10.0. The first-order chi connectivity index (χ1) is 8.99. The second-order valence-electron chi connectivity index (χ2n) is 5.03. The molecule has 19 heavy (non-hydrogen) atoms. The van der Waals surface area contributed by atoms with E-state index >= 15 is 0 Å². The summed E-state index contributed by atoms with van der Waals surface area (Å²) in [4.78, 5) is 4.30. The molecule has 0 spiro atoms. The molecule has 2 rings (SSSR count). The molecule has 0 saturated carbocycles. The maximum atomic E-state index is 6.27. The summed E-state index contributed by atoms with van der Waals surface area (Å²) in [5, 5.41) is 4.23. The molecule has 2 N–H and O–H groups in total. The summed E-state index contributed by atoms with van der Waals surface area (Å²) >= 11 is 3.54. The Hall–Kier alpha value is -1.20. The van der Waals surface area contributed by atoms with Crippen molar-refractivity contribution in [3.05, 3.63) is 46.0 Å². The monoisotopic (exact) mass is 322 g/mol. The Balaban J connectivity index is 2.18. The number of hydrogen-bond donors (Lipinski definition) is 1. The van der Waals surface area contributed by atoms with Crippen molar-refractivity contribution >= 4 is 15.9 Å². The van der Waals surface area contributed by atoms with E-state index in [1.807, 2.05) is 4.68 Å². The van der Waals surface area contributed by atoms with Gasteiger partial charge in [-0.25, -0.2) is 9.67 Å². The summed E-state index contributed by atoms with van der Waals surface area (Å²) in [6.45, 7) is 6.24. The SMILES string of the molecule is Cc1ccc(C(N)Cc2ncnn2C(C)C)cc1Br. The standard InChI is InChI=1S/C14H19BrN4/c1-9(2)19-14(17-8-18-19)7-13(16)11-5-4-10(3)12(15)6-11/h4-6,8-9,13H,7,16H2,1-3H3. The van der Waals surface area contributed by atoms with Gasteiger partial charge < -0.3 is 5.73 Å². The van der Waals surface area contributed by atoms with Crippen LogP contribution in [0.5, 0.6) is 0 Å². The van der Waals surface area contributed by atoms with Gasteiger partial charge in [0.05, 0.1) is 0 Å². The van der Waals surface area contributed by atoms with Crippen LogP contribution in [0.3, 0.4) is 0 Å². The fourth-order valence-corrected chi connectivity index (χ4v) is 2.40. The fourth-order valence-electron chi connectivity index (χ4n) is 2.01. The van der Waals surface area contributed by atoms with Gasteiger partial charge in [-0.2, -0.15) is 5.10 Å². The summed E-state index contributed by atoms with van der Waals surface area (Å²) in [5.74, 6) is 0.930. The third-order valence-corrected chi connectivity index (χ3v) is 4.02. The molecule has 0 amide bonds. The number of halogens is 1. The van der Waals surface area contributed by atoms with E-state index in [1.165, 1.54) is 5.56 Å². The van der Waals surface area contributed by atoms with Crippen LogP contribution < -0.4 is 5.73 Å². The first-order valence-electron chi connectivity index (χ1n) is 6.39. The Morgan fingerprint density at radius 1 is 1.37 bits per heavy atom. The van der Waals surface area contributed by atoms with Gasteiger partial charge in [-0.15, -0.1) is 0 Å². The van der Waals surface area contributed by atoms with Crippen LogP contribution in [-0.4, -0.2) is 14.8 Å². The van der Waals surface area contributed by atoms with Crippen molar-refractivity contribution in [3.8, 4) is 0 Å². The molecule has 0 aliphatic rings. The second kappa shape index (κ2) is 5.84. The predicted octanol–water partition coefficient (Wildman–Crippen LogP) is 3.17. The van der Waals surface area contributed by atoms with Crippen LogP contribution in [0, 0.1) is 6.92 Å².